The van der Waals surface area contributed by atoms with Gasteiger partial charge in [-0.05, 0) is 86.9 Å². The summed E-state index contributed by atoms with van der Waals surface area (Å²) in [6.45, 7) is 8.82. The number of aliphatic hydroxyl groups is 2. The molecule has 0 amide bonds. The summed E-state index contributed by atoms with van der Waals surface area (Å²) >= 11 is 0. The van der Waals surface area contributed by atoms with Crippen LogP contribution < -0.4 is 0 Å². The fourth-order valence-corrected chi connectivity index (χ4v) is 7.62. The molecule has 0 aromatic rings. The van der Waals surface area contributed by atoms with Gasteiger partial charge in [-0.1, -0.05) is 19.9 Å². The van der Waals surface area contributed by atoms with Gasteiger partial charge in [0.15, 0.2) is 0 Å². The molecule has 23 heavy (non-hydrogen) atoms. The van der Waals surface area contributed by atoms with Gasteiger partial charge in [0.05, 0.1) is 11.7 Å². The summed E-state index contributed by atoms with van der Waals surface area (Å²) in [6.07, 6.45) is 12.1. The summed E-state index contributed by atoms with van der Waals surface area (Å²) < 4.78 is 0. The highest BCUT2D eigenvalue weighted by atomic mass is 16.3. The molecule has 0 aromatic heterocycles. The largest absolute Gasteiger partial charge is 0.393 e. The van der Waals surface area contributed by atoms with Crippen LogP contribution in [0.25, 0.3) is 0 Å². The summed E-state index contributed by atoms with van der Waals surface area (Å²) in [7, 11) is 0. The van der Waals surface area contributed by atoms with Crippen molar-refractivity contribution in [2.24, 2.45) is 34.5 Å². The first kappa shape index (κ1) is 16.1. The van der Waals surface area contributed by atoms with Gasteiger partial charge in [0.1, 0.15) is 0 Å². The summed E-state index contributed by atoms with van der Waals surface area (Å²) in [5, 5.41) is 21.2. The Morgan fingerprint density at radius 2 is 1.70 bits per heavy atom. The van der Waals surface area contributed by atoms with E-state index in [-0.39, 0.29) is 11.5 Å². The van der Waals surface area contributed by atoms with Gasteiger partial charge in [-0.3, -0.25) is 0 Å². The molecule has 0 heterocycles. The monoisotopic (exact) mass is 318 g/mol. The number of fused-ring (bicyclic) bond motifs is 5. The average molecular weight is 319 g/mol. The van der Waals surface area contributed by atoms with Gasteiger partial charge >= 0.3 is 0 Å². The highest BCUT2D eigenvalue weighted by Crippen LogP contribution is 2.68. The fourth-order valence-electron chi connectivity index (χ4n) is 7.62. The lowest BCUT2D eigenvalue weighted by atomic mass is 9.44. The number of hydrogen-bond acceptors (Lipinski definition) is 2. The Morgan fingerprint density at radius 3 is 2.43 bits per heavy atom. The highest BCUT2D eigenvalue weighted by molar-refractivity contribution is 5.18. The molecule has 2 nitrogen and oxygen atoms in total. The van der Waals surface area contributed by atoms with Gasteiger partial charge in [0.25, 0.3) is 0 Å². The van der Waals surface area contributed by atoms with Gasteiger partial charge < -0.3 is 10.2 Å². The van der Waals surface area contributed by atoms with Gasteiger partial charge in [-0.15, -0.1) is 6.58 Å². The molecular weight excluding hydrogens is 284 g/mol. The normalized spacial score (nSPS) is 58.9. The Bertz CT molecular complexity index is 502. The van der Waals surface area contributed by atoms with Crippen LogP contribution in [0.1, 0.15) is 71.6 Å². The maximum absolute atomic E-state index is 11.1. The second kappa shape index (κ2) is 5.08. The van der Waals surface area contributed by atoms with Crippen LogP contribution in [-0.4, -0.2) is 21.9 Å². The molecule has 4 fully saturated rings. The Balaban J connectivity index is 1.64. The topological polar surface area (TPSA) is 40.5 Å². The quantitative estimate of drug-likeness (QED) is 0.707. The predicted octanol–water partition coefficient (Wildman–Crippen LogP) is 4.31. The van der Waals surface area contributed by atoms with Crippen LogP contribution in [-0.2, 0) is 0 Å². The van der Waals surface area contributed by atoms with E-state index >= 15 is 0 Å². The molecule has 0 aromatic carbocycles. The van der Waals surface area contributed by atoms with E-state index < -0.39 is 5.60 Å². The van der Waals surface area contributed by atoms with Gasteiger partial charge in [0.2, 0.25) is 0 Å². The lowest BCUT2D eigenvalue weighted by Gasteiger charge is -2.61. The Labute approximate surface area is 141 Å². The predicted molar refractivity (Wildman–Crippen MR) is 92.9 cm³/mol. The van der Waals surface area contributed by atoms with Gasteiger partial charge in [-0.2, -0.15) is 0 Å². The van der Waals surface area contributed by atoms with Gasteiger partial charge in [-0.25, -0.2) is 0 Å². The summed E-state index contributed by atoms with van der Waals surface area (Å²) in [4.78, 5) is 0. The summed E-state index contributed by atoms with van der Waals surface area (Å²) in [6, 6.07) is 0. The molecule has 0 radical (unpaired) electrons. The van der Waals surface area contributed by atoms with E-state index in [1.165, 1.54) is 32.1 Å². The fraction of sp³-hybridized carbons (Fsp3) is 0.905. The van der Waals surface area contributed by atoms with Crippen molar-refractivity contribution in [3.05, 3.63) is 12.7 Å². The van der Waals surface area contributed by atoms with Crippen LogP contribution in [0.3, 0.4) is 0 Å². The van der Waals surface area contributed by atoms with E-state index in [0.717, 1.165) is 43.4 Å². The molecule has 0 bridgehead atoms. The molecule has 2 N–H and O–H groups in total. The van der Waals surface area contributed by atoms with Crippen molar-refractivity contribution in [1.29, 1.82) is 0 Å². The van der Waals surface area contributed by atoms with Crippen LogP contribution in [0, 0.1) is 34.5 Å². The van der Waals surface area contributed by atoms with Crippen LogP contribution >= 0.6 is 0 Å². The van der Waals surface area contributed by atoms with Crippen LogP contribution in [0.4, 0.5) is 0 Å². The van der Waals surface area contributed by atoms with Crippen molar-refractivity contribution in [2.75, 3.05) is 0 Å². The molecule has 0 unspecified atom stereocenters. The third-order valence-electron chi connectivity index (χ3n) is 9.19. The maximum atomic E-state index is 11.1. The zero-order valence-corrected chi connectivity index (χ0v) is 14.9. The Hall–Kier alpha value is -0.340. The number of aliphatic hydroxyl groups excluding tert-OH is 1. The smallest absolute Gasteiger partial charge is 0.0881 e. The summed E-state index contributed by atoms with van der Waals surface area (Å²) in [5.41, 5.74) is -0.186. The minimum absolute atomic E-state index is 0.0350. The first-order valence-corrected chi connectivity index (χ1v) is 9.88. The molecule has 0 saturated heterocycles. The van der Waals surface area contributed by atoms with E-state index in [9.17, 15) is 10.2 Å². The van der Waals surface area contributed by atoms with E-state index in [2.05, 4.69) is 20.4 Å². The minimum atomic E-state index is -0.650. The Kier molecular flexibility index (Phi) is 3.57. The first-order chi connectivity index (χ1) is 10.8. The number of rotatable bonds is 1. The molecule has 2 heteroatoms. The third-order valence-corrected chi connectivity index (χ3v) is 9.19. The van der Waals surface area contributed by atoms with E-state index in [1.54, 1.807) is 0 Å². The van der Waals surface area contributed by atoms with E-state index in [1.807, 2.05) is 6.08 Å². The highest BCUT2D eigenvalue weighted by Gasteiger charge is 2.63. The molecule has 130 valence electrons. The van der Waals surface area contributed by atoms with Crippen molar-refractivity contribution in [3.63, 3.8) is 0 Å². The van der Waals surface area contributed by atoms with Crippen LogP contribution in [0.5, 0.6) is 0 Å². The second-order valence-corrected chi connectivity index (χ2v) is 9.71. The van der Waals surface area contributed by atoms with E-state index in [4.69, 9.17) is 0 Å². The third kappa shape index (κ3) is 2.00. The summed E-state index contributed by atoms with van der Waals surface area (Å²) in [5.74, 6) is 2.96. The van der Waals surface area contributed by atoms with E-state index in [0.29, 0.717) is 11.3 Å². The average Bonchev–Trinajstić information content (AvgIpc) is 2.80. The lowest BCUT2D eigenvalue weighted by Crippen LogP contribution is -2.56. The molecule has 8 atom stereocenters. The molecule has 0 aliphatic heterocycles. The molecular formula is C21H34O2. The van der Waals surface area contributed by atoms with Crippen LogP contribution in [0.15, 0.2) is 12.7 Å². The van der Waals surface area contributed by atoms with Crippen molar-refractivity contribution < 1.29 is 10.2 Å². The maximum Gasteiger partial charge on any atom is 0.0881 e. The van der Waals surface area contributed by atoms with Gasteiger partial charge in [0, 0.05) is 5.41 Å². The molecule has 4 saturated carbocycles. The molecule has 4 aliphatic rings. The van der Waals surface area contributed by atoms with Crippen molar-refractivity contribution in [2.45, 2.75) is 83.3 Å². The molecule has 4 rings (SSSR count). The van der Waals surface area contributed by atoms with Crippen molar-refractivity contribution >= 4 is 0 Å². The zero-order chi connectivity index (χ0) is 16.5. The standard InChI is InChI=1S/C21H34O2/c1-4-21(23)12-9-18-16-6-5-14-13-15(22)7-10-19(14,2)17(16)8-11-20(18,21)3/h4,14-18,22-23H,1,5-13H2,2-3H3/t14-,15+,16+,17-,18+,19-,20+,21-/m0/s1. The van der Waals surface area contributed by atoms with Crippen molar-refractivity contribution in [1.82, 2.24) is 0 Å². The molecule has 4 aliphatic carbocycles. The second-order valence-electron chi connectivity index (χ2n) is 9.71. The SMILES string of the molecule is C=C[C@]1(O)CC[C@@H]2[C@@H]3CC[C@H]4C[C@H](O)CC[C@]4(C)[C@H]3CC[C@]21C. The van der Waals surface area contributed by atoms with Crippen LogP contribution in [0.2, 0.25) is 0 Å². The van der Waals surface area contributed by atoms with Crippen molar-refractivity contribution in [3.8, 4) is 0 Å². The lowest BCUT2D eigenvalue weighted by molar-refractivity contribution is -0.146. The minimum Gasteiger partial charge on any atom is -0.393 e. The first-order valence-electron chi connectivity index (χ1n) is 9.88. The number of hydrogen-bond donors (Lipinski definition) is 2. The zero-order valence-electron chi connectivity index (χ0n) is 14.9. The Morgan fingerprint density at radius 1 is 0.957 bits per heavy atom. The molecule has 0 spiro atoms.